The van der Waals surface area contributed by atoms with Gasteiger partial charge in [-0.2, -0.15) is 0 Å². The van der Waals surface area contributed by atoms with Crippen LogP contribution in [0.3, 0.4) is 0 Å². The number of hydrogen-bond acceptors (Lipinski definition) is 5. The minimum Gasteiger partial charge on any atom is -0.497 e. The van der Waals surface area contributed by atoms with Crippen molar-refractivity contribution in [3.8, 4) is 11.5 Å². The minimum absolute atomic E-state index is 0.207. The number of methoxy groups -OCH3 is 2. The van der Waals surface area contributed by atoms with Crippen LogP contribution in [0.4, 0.5) is 27.5 Å². The van der Waals surface area contributed by atoms with Crippen LogP contribution in [0.5, 0.6) is 11.5 Å². The van der Waals surface area contributed by atoms with Gasteiger partial charge in [0.2, 0.25) is 0 Å². The highest BCUT2D eigenvalue weighted by molar-refractivity contribution is 6.06. The molecule has 8 heteroatoms. The van der Waals surface area contributed by atoms with Crippen molar-refractivity contribution in [2.75, 3.05) is 48.2 Å². The molecule has 1 fully saturated rings. The maximum atomic E-state index is 12.9. The van der Waals surface area contributed by atoms with E-state index in [9.17, 15) is 9.59 Å². The van der Waals surface area contributed by atoms with Gasteiger partial charge in [0, 0.05) is 48.2 Å². The standard InChI is InChI=1S/C27H30N4O4/c1-18-7-6-8-19(13-18)26(32)28-20-9-10-25(31-11-4-5-12-31)24(16-20)30-27(33)29-21-14-22(34-2)17-23(15-21)35-3/h6-10,13-17H,4-5,11-12H2,1-3H3,(H,28,32)(H2,29,30,33). The molecule has 3 aromatic carbocycles. The topological polar surface area (TPSA) is 91.9 Å². The van der Waals surface area contributed by atoms with Crippen LogP contribution in [0, 0.1) is 6.92 Å². The van der Waals surface area contributed by atoms with Gasteiger partial charge in [-0.05, 0) is 50.1 Å². The molecule has 35 heavy (non-hydrogen) atoms. The molecule has 0 saturated carbocycles. The number of hydrogen-bond donors (Lipinski definition) is 3. The van der Waals surface area contributed by atoms with Gasteiger partial charge in [0.05, 0.1) is 25.6 Å². The third-order valence-corrected chi connectivity index (χ3v) is 5.84. The molecule has 0 unspecified atom stereocenters. The Bertz CT molecular complexity index is 1200. The van der Waals surface area contributed by atoms with E-state index in [-0.39, 0.29) is 5.91 Å². The predicted octanol–water partition coefficient (Wildman–Crippen LogP) is 5.51. The molecular weight excluding hydrogens is 444 g/mol. The van der Waals surface area contributed by atoms with E-state index < -0.39 is 6.03 Å². The van der Waals surface area contributed by atoms with Gasteiger partial charge in [0.25, 0.3) is 5.91 Å². The van der Waals surface area contributed by atoms with Gasteiger partial charge >= 0.3 is 6.03 Å². The molecule has 0 aliphatic carbocycles. The number of nitrogens with one attached hydrogen (secondary N) is 3. The molecule has 3 N–H and O–H groups in total. The molecule has 0 aromatic heterocycles. The number of ether oxygens (including phenoxy) is 2. The van der Waals surface area contributed by atoms with Crippen LogP contribution < -0.4 is 30.3 Å². The fraction of sp³-hybridized carbons (Fsp3) is 0.259. The van der Waals surface area contributed by atoms with Gasteiger partial charge in [-0.25, -0.2) is 4.79 Å². The maximum absolute atomic E-state index is 12.9. The number of aryl methyl sites for hydroxylation is 1. The first-order valence-electron chi connectivity index (χ1n) is 11.5. The summed E-state index contributed by atoms with van der Waals surface area (Å²) in [4.78, 5) is 27.9. The summed E-state index contributed by atoms with van der Waals surface area (Å²) in [6.07, 6.45) is 2.20. The van der Waals surface area contributed by atoms with Crippen molar-refractivity contribution in [1.82, 2.24) is 0 Å². The van der Waals surface area contributed by atoms with Crippen molar-refractivity contribution >= 4 is 34.7 Å². The molecule has 0 spiro atoms. The zero-order chi connectivity index (χ0) is 24.8. The molecule has 0 radical (unpaired) electrons. The summed E-state index contributed by atoms with van der Waals surface area (Å²) in [5.41, 5.74) is 4.24. The number of benzene rings is 3. The van der Waals surface area contributed by atoms with Crippen LogP contribution in [0.2, 0.25) is 0 Å². The summed E-state index contributed by atoms with van der Waals surface area (Å²) >= 11 is 0. The van der Waals surface area contributed by atoms with E-state index in [2.05, 4.69) is 20.9 Å². The van der Waals surface area contributed by atoms with Crippen molar-refractivity contribution in [3.63, 3.8) is 0 Å². The molecule has 3 amide bonds. The first-order chi connectivity index (χ1) is 16.9. The van der Waals surface area contributed by atoms with Gasteiger partial charge in [-0.1, -0.05) is 17.7 Å². The van der Waals surface area contributed by atoms with E-state index in [0.717, 1.165) is 37.2 Å². The Kier molecular flexibility index (Phi) is 7.40. The van der Waals surface area contributed by atoms with Crippen molar-refractivity contribution in [1.29, 1.82) is 0 Å². The second-order valence-electron chi connectivity index (χ2n) is 8.43. The average molecular weight is 475 g/mol. The lowest BCUT2D eigenvalue weighted by atomic mass is 10.1. The third kappa shape index (κ3) is 6.03. The second-order valence-corrected chi connectivity index (χ2v) is 8.43. The van der Waals surface area contributed by atoms with E-state index in [0.29, 0.717) is 34.1 Å². The van der Waals surface area contributed by atoms with E-state index in [4.69, 9.17) is 9.47 Å². The molecule has 4 rings (SSSR count). The fourth-order valence-corrected chi connectivity index (χ4v) is 4.10. The van der Waals surface area contributed by atoms with Gasteiger partial charge < -0.3 is 30.3 Å². The summed E-state index contributed by atoms with van der Waals surface area (Å²) in [5.74, 6) is 0.929. The van der Waals surface area contributed by atoms with E-state index in [1.165, 1.54) is 0 Å². The Morgan fingerprint density at radius 2 is 1.51 bits per heavy atom. The Hall–Kier alpha value is -4.20. The van der Waals surface area contributed by atoms with Gasteiger partial charge in [0.1, 0.15) is 11.5 Å². The highest BCUT2D eigenvalue weighted by Crippen LogP contribution is 2.32. The van der Waals surface area contributed by atoms with Gasteiger partial charge in [0.15, 0.2) is 0 Å². The van der Waals surface area contributed by atoms with Gasteiger partial charge in [-0.15, -0.1) is 0 Å². The maximum Gasteiger partial charge on any atom is 0.323 e. The summed E-state index contributed by atoms with van der Waals surface area (Å²) in [6, 6.07) is 17.7. The Balaban J connectivity index is 1.55. The van der Waals surface area contributed by atoms with Crippen molar-refractivity contribution in [2.45, 2.75) is 19.8 Å². The number of urea groups is 1. The predicted molar refractivity (Wildman–Crippen MR) is 139 cm³/mol. The molecule has 182 valence electrons. The summed E-state index contributed by atoms with van der Waals surface area (Å²) < 4.78 is 10.6. The smallest absolute Gasteiger partial charge is 0.323 e. The Morgan fingerprint density at radius 1 is 0.800 bits per heavy atom. The molecule has 1 heterocycles. The number of nitrogens with zero attached hydrogens (tertiary/aromatic N) is 1. The summed E-state index contributed by atoms with van der Waals surface area (Å²) in [6.45, 7) is 3.77. The molecule has 3 aromatic rings. The lowest BCUT2D eigenvalue weighted by Crippen LogP contribution is -2.24. The number of rotatable bonds is 7. The summed E-state index contributed by atoms with van der Waals surface area (Å²) in [7, 11) is 3.11. The lowest BCUT2D eigenvalue weighted by Gasteiger charge is -2.23. The first kappa shape index (κ1) is 23.9. The normalized spacial score (nSPS) is 12.7. The van der Waals surface area contributed by atoms with Crippen molar-refractivity contribution in [2.24, 2.45) is 0 Å². The van der Waals surface area contributed by atoms with Gasteiger partial charge in [-0.3, -0.25) is 4.79 Å². The Labute approximate surface area is 205 Å². The van der Waals surface area contributed by atoms with E-state index in [1.807, 2.05) is 37.3 Å². The molecule has 1 saturated heterocycles. The van der Waals surface area contributed by atoms with Crippen LogP contribution in [-0.2, 0) is 0 Å². The first-order valence-corrected chi connectivity index (χ1v) is 11.5. The van der Waals surface area contributed by atoms with E-state index >= 15 is 0 Å². The van der Waals surface area contributed by atoms with Crippen LogP contribution in [0.1, 0.15) is 28.8 Å². The average Bonchev–Trinajstić information content (AvgIpc) is 3.38. The monoisotopic (exact) mass is 474 g/mol. The minimum atomic E-state index is -0.414. The molecule has 1 aliphatic rings. The summed E-state index contributed by atoms with van der Waals surface area (Å²) in [5, 5.41) is 8.72. The van der Waals surface area contributed by atoms with Crippen molar-refractivity contribution in [3.05, 3.63) is 71.8 Å². The third-order valence-electron chi connectivity index (χ3n) is 5.84. The largest absolute Gasteiger partial charge is 0.497 e. The highest BCUT2D eigenvalue weighted by atomic mass is 16.5. The van der Waals surface area contributed by atoms with Crippen LogP contribution in [0.15, 0.2) is 60.7 Å². The number of carbonyl (C=O) groups is 2. The quantitative estimate of drug-likeness (QED) is 0.420. The van der Waals surface area contributed by atoms with Crippen LogP contribution in [0.25, 0.3) is 0 Å². The Morgan fingerprint density at radius 3 is 2.17 bits per heavy atom. The lowest BCUT2D eigenvalue weighted by molar-refractivity contribution is 0.102. The second kappa shape index (κ2) is 10.8. The highest BCUT2D eigenvalue weighted by Gasteiger charge is 2.18. The fourth-order valence-electron chi connectivity index (χ4n) is 4.10. The van der Waals surface area contributed by atoms with Crippen LogP contribution in [-0.4, -0.2) is 39.2 Å². The number of carbonyl (C=O) groups excluding carboxylic acids is 2. The SMILES string of the molecule is COc1cc(NC(=O)Nc2cc(NC(=O)c3cccc(C)c3)ccc2N2CCCC2)cc(OC)c1. The zero-order valence-corrected chi connectivity index (χ0v) is 20.2. The zero-order valence-electron chi connectivity index (χ0n) is 20.2. The van der Waals surface area contributed by atoms with Crippen molar-refractivity contribution < 1.29 is 19.1 Å². The number of amides is 3. The molecule has 1 aliphatic heterocycles. The molecular formula is C27H30N4O4. The molecule has 0 bridgehead atoms. The molecule has 8 nitrogen and oxygen atoms in total. The molecule has 0 atom stereocenters. The number of anilines is 4. The van der Waals surface area contributed by atoms with Crippen LogP contribution >= 0.6 is 0 Å². The van der Waals surface area contributed by atoms with E-state index in [1.54, 1.807) is 44.6 Å².